The Bertz CT molecular complexity index is 559. The minimum absolute atomic E-state index is 0.0252. The van der Waals surface area contributed by atoms with Gasteiger partial charge in [0.1, 0.15) is 12.1 Å². The van der Waals surface area contributed by atoms with Crippen molar-refractivity contribution in [2.24, 2.45) is 5.73 Å². The number of amides is 3. The van der Waals surface area contributed by atoms with Crippen LogP contribution in [0.15, 0.2) is 30.3 Å². The number of rotatable bonds is 6. The fraction of sp³-hybridized carbons (Fsp3) is 0.438. The fourth-order valence-corrected chi connectivity index (χ4v) is 2.56. The van der Waals surface area contributed by atoms with E-state index in [1.807, 2.05) is 30.3 Å². The molecule has 1 aromatic carbocycles. The molecule has 1 saturated heterocycles. The lowest BCUT2D eigenvalue weighted by Crippen LogP contribution is -2.51. The molecule has 1 heterocycles. The highest BCUT2D eigenvalue weighted by molar-refractivity contribution is 5.93. The van der Waals surface area contributed by atoms with Crippen molar-refractivity contribution in [2.45, 2.75) is 38.3 Å². The Labute approximate surface area is 129 Å². The molecule has 0 saturated carbocycles. The second-order valence-electron chi connectivity index (χ2n) is 5.51. The highest BCUT2D eigenvalue weighted by Crippen LogP contribution is 2.19. The summed E-state index contributed by atoms with van der Waals surface area (Å²) in [6.07, 6.45) is 1.53. The molecule has 0 aromatic heterocycles. The van der Waals surface area contributed by atoms with E-state index in [-0.39, 0.29) is 11.8 Å². The van der Waals surface area contributed by atoms with Crippen molar-refractivity contribution in [2.75, 3.05) is 6.54 Å². The monoisotopic (exact) mass is 303 g/mol. The molecule has 2 atom stereocenters. The van der Waals surface area contributed by atoms with Crippen molar-refractivity contribution in [3.05, 3.63) is 35.9 Å². The normalized spacial score (nSPS) is 19.0. The van der Waals surface area contributed by atoms with Crippen LogP contribution in [-0.4, -0.2) is 41.2 Å². The first-order chi connectivity index (χ1) is 10.5. The molecule has 3 amide bonds. The number of nitrogens with zero attached hydrogens (tertiary/aromatic N) is 1. The van der Waals surface area contributed by atoms with Gasteiger partial charge in [-0.15, -0.1) is 0 Å². The van der Waals surface area contributed by atoms with Gasteiger partial charge in [0.05, 0.1) is 0 Å². The summed E-state index contributed by atoms with van der Waals surface area (Å²) < 4.78 is 0. The minimum atomic E-state index is -0.737. The van der Waals surface area contributed by atoms with Crippen molar-refractivity contribution in [3.63, 3.8) is 0 Å². The maximum atomic E-state index is 12.2. The molecule has 1 aliphatic rings. The molecule has 1 aromatic rings. The van der Waals surface area contributed by atoms with Crippen LogP contribution in [0.3, 0.4) is 0 Å². The summed E-state index contributed by atoms with van der Waals surface area (Å²) in [5.41, 5.74) is 6.26. The lowest BCUT2D eigenvalue weighted by molar-refractivity contribution is -0.136. The highest BCUT2D eigenvalue weighted by Gasteiger charge is 2.36. The molecule has 0 bridgehead atoms. The van der Waals surface area contributed by atoms with E-state index < -0.39 is 18.0 Å². The van der Waals surface area contributed by atoms with Crippen molar-refractivity contribution in [3.8, 4) is 0 Å². The lowest BCUT2D eigenvalue weighted by Gasteiger charge is -2.25. The molecule has 6 heteroatoms. The number of nitrogens with two attached hydrogens (primary N) is 1. The third-order valence-corrected chi connectivity index (χ3v) is 3.90. The fourth-order valence-electron chi connectivity index (χ4n) is 2.56. The topological polar surface area (TPSA) is 92.5 Å². The van der Waals surface area contributed by atoms with Gasteiger partial charge in [0.15, 0.2) is 0 Å². The van der Waals surface area contributed by atoms with Crippen LogP contribution in [0.25, 0.3) is 0 Å². The van der Waals surface area contributed by atoms with E-state index in [1.54, 1.807) is 4.90 Å². The maximum absolute atomic E-state index is 12.2. The van der Waals surface area contributed by atoms with E-state index >= 15 is 0 Å². The Morgan fingerprint density at radius 3 is 2.68 bits per heavy atom. The Hall–Kier alpha value is -2.37. The predicted octanol–water partition coefficient (Wildman–Crippen LogP) is 0.210. The van der Waals surface area contributed by atoms with Crippen LogP contribution >= 0.6 is 0 Å². The second kappa shape index (κ2) is 7.06. The number of nitrogens with one attached hydrogen (secondary N) is 1. The van der Waals surface area contributed by atoms with Crippen LogP contribution in [0.4, 0.5) is 0 Å². The highest BCUT2D eigenvalue weighted by atomic mass is 16.2. The Kier molecular flexibility index (Phi) is 5.14. The van der Waals surface area contributed by atoms with Crippen molar-refractivity contribution >= 4 is 17.7 Å². The first kappa shape index (κ1) is 16.0. The molecule has 118 valence electrons. The molecule has 3 N–H and O–H groups in total. The maximum Gasteiger partial charge on any atom is 0.243 e. The van der Waals surface area contributed by atoms with Gasteiger partial charge in [0.25, 0.3) is 0 Å². The van der Waals surface area contributed by atoms with Crippen molar-refractivity contribution < 1.29 is 14.4 Å². The van der Waals surface area contributed by atoms with Gasteiger partial charge in [-0.05, 0) is 25.3 Å². The zero-order valence-electron chi connectivity index (χ0n) is 12.6. The van der Waals surface area contributed by atoms with Crippen LogP contribution in [0.1, 0.15) is 25.3 Å². The predicted molar refractivity (Wildman–Crippen MR) is 81.7 cm³/mol. The van der Waals surface area contributed by atoms with E-state index in [9.17, 15) is 14.4 Å². The smallest absolute Gasteiger partial charge is 0.243 e. The van der Waals surface area contributed by atoms with Crippen LogP contribution < -0.4 is 11.1 Å². The molecular weight excluding hydrogens is 282 g/mol. The largest absolute Gasteiger partial charge is 0.368 e. The zero-order valence-corrected chi connectivity index (χ0v) is 12.6. The molecule has 0 spiro atoms. The van der Waals surface area contributed by atoms with Gasteiger partial charge >= 0.3 is 0 Å². The van der Waals surface area contributed by atoms with Crippen LogP contribution in [0, 0.1) is 0 Å². The van der Waals surface area contributed by atoms with Gasteiger partial charge in [0.2, 0.25) is 17.7 Å². The second-order valence-corrected chi connectivity index (χ2v) is 5.51. The molecule has 22 heavy (non-hydrogen) atoms. The summed E-state index contributed by atoms with van der Waals surface area (Å²) >= 11 is 0. The minimum Gasteiger partial charge on any atom is -0.368 e. The van der Waals surface area contributed by atoms with Crippen LogP contribution in [0.5, 0.6) is 0 Å². The van der Waals surface area contributed by atoms with Crippen LogP contribution in [-0.2, 0) is 20.8 Å². The van der Waals surface area contributed by atoms with Gasteiger partial charge in [-0.1, -0.05) is 30.3 Å². The average Bonchev–Trinajstić information content (AvgIpc) is 2.87. The Balaban J connectivity index is 1.97. The standard InChI is InChI=1S/C16H21N3O3/c1-11(15(17)21)18-16(22)13-7-8-14(20)19(13)10-9-12-5-3-2-4-6-12/h2-6,11,13H,7-10H2,1H3,(H2,17,21)(H,18,22)/t11?,13-/m0/s1. The molecule has 0 aliphatic carbocycles. The molecule has 6 nitrogen and oxygen atoms in total. The van der Waals surface area contributed by atoms with Gasteiger partial charge in [-0.25, -0.2) is 0 Å². The third kappa shape index (κ3) is 3.84. The van der Waals surface area contributed by atoms with E-state index in [4.69, 9.17) is 5.73 Å². The van der Waals surface area contributed by atoms with Gasteiger partial charge in [0, 0.05) is 13.0 Å². The van der Waals surface area contributed by atoms with E-state index in [0.29, 0.717) is 25.8 Å². The van der Waals surface area contributed by atoms with Gasteiger partial charge in [-0.2, -0.15) is 0 Å². The number of carbonyl (C=O) groups is 3. The van der Waals surface area contributed by atoms with Crippen molar-refractivity contribution in [1.82, 2.24) is 10.2 Å². The molecule has 1 unspecified atom stereocenters. The van der Waals surface area contributed by atoms with Gasteiger partial charge in [-0.3, -0.25) is 14.4 Å². The zero-order chi connectivity index (χ0) is 16.1. The number of carbonyl (C=O) groups excluding carboxylic acids is 3. The summed E-state index contributed by atoms with van der Waals surface area (Å²) in [7, 11) is 0. The molecule has 2 rings (SSSR count). The summed E-state index contributed by atoms with van der Waals surface area (Å²) in [5.74, 6) is -0.929. The van der Waals surface area contributed by atoms with E-state index in [2.05, 4.69) is 5.32 Å². The number of likely N-dealkylation sites (tertiary alicyclic amines) is 1. The molecule has 1 aliphatic heterocycles. The third-order valence-electron chi connectivity index (χ3n) is 3.90. The van der Waals surface area contributed by atoms with Crippen LogP contribution in [0.2, 0.25) is 0 Å². The first-order valence-electron chi connectivity index (χ1n) is 7.42. The summed E-state index contributed by atoms with van der Waals surface area (Å²) in [4.78, 5) is 36.8. The summed E-state index contributed by atoms with van der Waals surface area (Å²) in [6.45, 7) is 2.03. The lowest BCUT2D eigenvalue weighted by atomic mass is 10.1. The molecule has 0 radical (unpaired) electrons. The average molecular weight is 303 g/mol. The number of hydrogen-bond donors (Lipinski definition) is 2. The van der Waals surface area contributed by atoms with Gasteiger partial charge < -0.3 is 16.0 Å². The first-order valence-corrected chi connectivity index (χ1v) is 7.42. The van der Waals surface area contributed by atoms with E-state index in [0.717, 1.165) is 5.56 Å². The summed E-state index contributed by atoms with van der Waals surface area (Å²) in [6, 6.07) is 8.55. The molecular formula is C16H21N3O3. The summed E-state index contributed by atoms with van der Waals surface area (Å²) in [5, 5.41) is 2.56. The number of benzene rings is 1. The van der Waals surface area contributed by atoms with Crippen molar-refractivity contribution in [1.29, 1.82) is 0 Å². The Morgan fingerprint density at radius 2 is 2.05 bits per heavy atom. The Morgan fingerprint density at radius 1 is 1.36 bits per heavy atom. The SMILES string of the molecule is CC(NC(=O)[C@@H]1CCC(=O)N1CCc1ccccc1)C(N)=O. The number of hydrogen-bond acceptors (Lipinski definition) is 3. The van der Waals surface area contributed by atoms with E-state index in [1.165, 1.54) is 6.92 Å². The quantitative estimate of drug-likeness (QED) is 0.787. The number of primary amides is 1. The molecule has 1 fully saturated rings.